The zero-order valence-corrected chi connectivity index (χ0v) is 18.6. The van der Waals surface area contributed by atoms with E-state index in [1.165, 1.54) is 11.3 Å². The molecule has 0 aliphatic heterocycles. The second kappa shape index (κ2) is 10.1. The van der Waals surface area contributed by atoms with Crippen LogP contribution in [0.3, 0.4) is 0 Å². The monoisotopic (exact) mass is 427 g/mol. The Hall–Kier alpha value is -2.07. The van der Waals surface area contributed by atoms with Crippen molar-refractivity contribution in [3.63, 3.8) is 0 Å². The lowest BCUT2D eigenvalue weighted by Crippen LogP contribution is -2.31. The molecule has 0 saturated carbocycles. The molecule has 29 heavy (non-hydrogen) atoms. The fraction of sp³-hybridized carbons (Fsp3) is 0.292. The number of aliphatic imine (C=N–C) groups is 1. The fourth-order valence-corrected chi connectivity index (χ4v) is 3.80. The first-order chi connectivity index (χ1) is 13.9. The molecule has 3 rings (SSSR count). The van der Waals surface area contributed by atoms with Gasteiger partial charge in [-0.2, -0.15) is 0 Å². The lowest BCUT2D eigenvalue weighted by Gasteiger charge is -2.30. The van der Waals surface area contributed by atoms with Crippen molar-refractivity contribution in [2.45, 2.75) is 26.1 Å². The third kappa shape index (κ3) is 5.96. The van der Waals surface area contributed by atoms with Crippen LogP contribution in [-0.4, -0.2) is 30.9 Å². The average molecular weight is 428 g/mol. The first-order valence-electron chi connectivity index (χ1n) is 9.78. The SMILES string of the molecule is CC(/N=C(/c1ccccc1)C1CC(Cl)=CC=C1N(C)C)NCc1ccc(Cl)cc1. The van der Waals surface area contributed by atoms with Crippen LogP contribution in [0.1, 0.15) is 24.5 Å². The van der Waals surface area contributed by atoms with Gasteiger partial charge in [0.05, 0.1) is 11.9 Å². The lowest BCUT2D eigenvalue weighted by atomic mass is 9.87. The predicted octanol–water partition coefficient (Wildman–Crippen LogP) is 5.85. The summed E-state index contributed by atoms with van der Waals surface area (Å²) in [7, 11) is 4.13. The van der Waals surface area contributed by atoms with Crippen LogP contribution in [0.15, 0.2) is 82.5 Å². The van der Waals surface area contributed by atoms with Gasteiger partial charge in [-0.05, 0) is 48.8 Å². The van der Waals surface area contributed by atoms with E-state index in [9.17, 15) is 0 Å². The molecule has 0 heterocycles. The largest absolute Gasteiger partial charge is 0.380 e. The molecule has 0 saturated heterocycles. The van der Waals surface area contributed by atoms with Gasteiger partial charge in [-0.15, -0.1) is 0 Å². The van der Waals surface area contributed by atoms with E-state index in [1.807, 2.05) is 36.4 Å². The van der Waals surface area contributed by atoms with Gasteiger partial charge in [0.2, 0.25) is 0 Å². The van der Waals surface area contributed by atoms with Crippen LogP contribution in [0.2, 0.25) is 5.02 Å². The van der Waals surface area contributed by atoms with Gasteiger partial charge in [-0.1, -0.05) is 65.7 Å². The van der Waals surface area contributed by atoms with Crippen LogP contribution in [0, 0.1) is 5.92 Å². The minimum Gasteiger partial charge on any atom is -0.380 e. The van der Waals surface area contributed by atoms with Gasteiger partial charge in [0.15, 0.2) is 0 Å². The van der Waals surface area contributed by atoms with Crippen molar-refractivity contribution < 1.29 is 0 Å². The molecule has 0 amide bonds. The molecule has 5 heteroatoms. The summed E-state index contributed by atoms with van der Waals surface area (Å²) in [6.45, 7) is 2.81. The molecule has 0 aromatic heterocycles. The number of rotatable bonds is 7. The standard InChI is InChI=1S/C24H27Cl2N3/c1-17(27-16-18-9-11-20(25)12-10-18)28-24(19-7-5-4-6-8-19)22-15-21(26)13-14-23(22)29(2)3/h4-14,17,22,27H,15-16H2,1-3H3/b28-24-. The smallest absolute Gasteiger partial charge is 0.0972 e. The highest BCUT2D eigenvalue weighted by molar-refractivity contribution is 6.30. The molecule has 2 atom stereocenters. The van der Waals surface area contributed by atoms with E-state index in [4.69, 9.17) is 28.2 Å². The van der Waals surface area contributed by atoms with E-state index in [0.717, 1.165) is 34.3 Å². The summed E-state index contributed by atoms with van der Waals surface area (Å²) in [5.41, 5.74) is 4.56. The molecular weight excluding hydrogens is 401 g/mol. The Morgan fingerprint density at radius 2 is 1.76 bits per heavy atom. The highest BCUT2D eigenvalue weighted by atomic mass is 35.5. The minimum atomic E-state index is -0.0472. The highest BCUT2D eigenvalue weighted by Gasteiger charge is 2.27. The number of benzene rings is 2. The van der Waals surface area contributed by atoms with E-state index in [-0.39, 0.29) is 12.1 Å². The Balaban J connectivity index is 1.86. The first kappa shape index (κ1) is 21.6. The number of nitrogens with one attached hydrogen (secondary N) is 1. The molecule has 152 valence electrons. The summed E-state index contributed by atoms with van der Waals surface area (Å²) in [5, 5.41) is 5.10. The van der Waals surface area contributed by atoms with Crippen molar-refractivity contribution in [1.82, 2.24) is 10.2 Å². The molecule has 3 nitrogen and oxygen atoms in total. The molecule has 1 aliphatic carbocycles. The predicted molar refractivity (Wildman–Crippen MR) is 125 cm³/mol. The third-order valence-corrected chi connectivity index (χ3v) is 5.49. The van der Waals surface area contributed by atoms with E-state index in [1.54, 1.807) is 0 Å². The number of allylic oxidation sites excluding steroid dienone is 4. The normalized spacial score (nSPS) is 18.1. The molecule has 2 unspecified atom stereocenters. The van der Waals surface area contributed by atoms with Crippen molar-refractivity contribution in [2.75, 3.05) is 14.1 Å². The zero-order chi connectivity index (χ0) is 20.8. The molecule has 1 N–H and O–H groups in total. The second-order valence-corrected chi connectivity index (χ2v) is 8.34. The van der Waals surface area contributed by atoms with Crippen LogP contribution in [0.4, 0.5) is 0 Å². The highest BCUT2D eigenvalue weighted by Crippen LogP contribution is 2.32. The number of halogens is 2. The summed E-state index contributed by atoms with van der Waals surface area (Å²) in [6.07, 6.45) is 4.79. The van der Waals surface area contributed by atoms with Gasteiger partial charge in [0.1, 0.15) is 0 Å². The maximum Gasteiger partial charge on any atom is 0.0972 e. The van der Waals surface area contributed by atoms with E-state index >= 15 is 0 Å². The molecule has 2 aromatic carbocycles. The Morgan fingerprint density at radius 3 is 2.41 bits per heavy atom. The van der Waals surface area contributed by atoms with Crippen LogP contribution in [-0.2, 0) is 6.54 Å². The summed E-state index contributed by atoms with van der Waals surface area (Å²) >= 11 is 12.4. The van der Waals surface area contributed by atoms with Gasteiger partial charge < -0.3 is 4.90 Å². The molecule has 0 fully saturated rings. The maximum absolute atomic E-state index is 6.42. The van der Waals surface area contributed by atoms with Crippen LogP contribution < -0.4 is 5.32 Å². The van der Waals surface area contributed by atoms with Gasteiger partial charge >= 0.3 is 0 Å². The van der Waals surface area contributed by atoms with Gasteiger partial charge in [-0.3, -0.25) is 10.3 Å². The maximum atomic E-state index is 6.42. The second-order valence-electron chi connectivity index (χ2n) is 7.42. The Bertz CT molecular complexity index is 899. The topological polar surface area (TPSA) is 27.6 Å². The van der Waals surface area contributed by atoms with E-state index < -0.39 is 0 Å². The average Bonchev–Trinajstić information content (AvgIpc) is 2.72. The zero-order valence-electron chi connectivity index (χ0n) is 17.1. The molecule has 1 aliphatic rings. The van der Waals surface area contributed by atoms with Gasteiger partial charge in [0, 0.05) is 42.3 Å². The van der Waals surface area contributed by atoms with Crippen LogP contribution in [0.5, 0.6) is 0 Å². The summed E-state index contributed by atoms with van der Waals surface area (Å²) < 4.78 is 0. The van der Waals surface area contributed by atoms with Crippen LogP contribution >= 0.6 is 23.2 Å². The van der Waals surface area contributed by atoms with Gasteiger partial charge in [0.25, 0.3) is 0 Å². The van der Waals surface area contributed by atoms with Crippen LogP contribution in [0.25, 0.3) is 0 Å². The number of hydrogen-bond donors (Lipinski definition) is 1. The molecule has 2 aromatic rings. The Morgan fingerprint density at radius 1 is 1.07 bits per heavy atom. The van der Waals surface area contributed by atoms with E-state index in [2.05, 4.69) is 61.6 Å². The molecule has 0 radical (unpaired) electrons. The van der Waals surface area contributed by atoms with Crippen molar-refractivity contribution in [1.29, 1.82) is 0 Å². The van der Waals surface area contributed by atoms with Gasteiger partial charge in [-0.25, -0.2) is 0 Å². The van der Waals surface area contributed by atoms with Crippen molar-refractivity contribution in [3.05, 3.63) is 93.6 Å². The number of hydrogen-bond acceptors (Lipinski definition) is 3. The van der Waals surface area contributed by atoms with Crippen molar-refractivity contribution >= 4 is 28.9 Å². The molecular formula is C24H27Cl2N3. The van der Waals surface area contributed by atoms with Crippen molar-refractivity contribution in [2.24, 2.45) is 10.9 Å². The van der Waals surface area contributed by atoms with Crippen molar-refractivity contribution in [3.8, 4) is 0 Å². The Labute approximate surface area is 183 Å². The summed E-state index contributed by atoms with van der Waals surface area (Å²) in [6, 6.07) is 18.2. The Kier molecular flexibility index (Phi) is 7.54. The summed E-state index contributed by atoms with van der Waals surface area (Å²) in [5.74, 6) is 0.115. The quantitative estimate of drug-likeness (QED) is 0.560. The third-order valence-electron chi connectivity index (χ3n) is 4.95. The van der Waals surface area contributed by atoms with E-state index in [0.29, 0.717) is 0 Å². The number of nitrogens with zero attached hydrogens (tertiary/aromatic N) is 2. The fourth-order valence-electron chi connectivity index (χ4n) is 3.45. The molecule has 0 spiro atoms. The summed E-state index contributed by atoms with van der Waals surface area (Å²) in [4.78, 5) is 7.24. The molecule has 0 bridgehead atoms. The lowest BCUT2D eigenvalue weighted by molar-refractivity contribution is 0.455. The first-order valence-corrected chi connectivity index (χ1v) is 10.5. The minimum absolute atomic E-state index is 0.0472.